The van der Waals surface area contributed by atoms with Crippen LogP contribution in [0.5, 0.6) is 11.6 Å². The standard InChI is InChI=1S/C24H25F2N3O2/c1-15(2)23(30)28(18-10-11-18)14-20-16(3)27-29(19-7-5-4-6-8-19)24(20)31-22-12-9-17(25)13-21(22)26/h4-9,12-13,15,18H,10-11,14H2,1-3H3. The molecular weight excluding hydrogens is 400 g/mol. The molecule has 1 saturated carbocycles. The number of halogens is 2. The lowest BCUT2D eigenvalue weighted by Gasteiger charge is -2.25. The fraction of sp³-hybridized carbons (Fsp3) is 0.333. The van der Waals surface area contributed by atoms with Crippen LogP contribution in [0.25, 0.3) is 5.69 Å². The lowest BCUT2D eigenvalue weighted by molar-refractivity contribution is -0.135. The van der Waals surface area contributed by atoms with Crippen LogP contribution in [-0.2, 0) is 11.3 Å². The molecule has 162 valence electrons. The molecule has 1 aliphatic rings. The number of hydrogen-bond acceptors (Lipinski definition) is 3. The molecule has 0 aliphatic heterocycles. The predicted octanol–water partition coefficient (Wildman–Crippen LogP) is 5.40. The Kier molecular flexibility index (Phi) is 5.76. The normalized spacial score (nSPS) is 13.5. The Morgan fingerprint density at radius 2 is 1.90 bits per heavy atom. The first-order valence-electron chi connectivity index (χ1n) is 10.4. The summed E-state index contributed by atoms with van der Waals surface area (Å²) in [6.45, 7) is 5.92. The second kappa shape index (κ2) is 8.49. The molecule has 1 heterocycles. The number of benzene rings is 2. The van der Waals surface area contributed by atoms with Gasteiger partial charge in [-0.3, -0.25) is 4.79 Å². The van der Waals surface area contributed by atoms with E-state index in [2.05, 4.69) is 5.10 Å². The first-order valence-corrected chi connectivity index (χ1v) is 10.4. The third kappa shape index (κ3) is 4.45. The van der Waals surface area contributed by atoms with Crippen LogP contribution < -0.4 is 4.74 Å². The van der Waals surface area contributed by atoms with Gasteiger partial charge in [-0.15, -0.1) is 0 Å². The summed E-state index contributed by atoms with van der Waals surface area (Å²) >= 11 is 0. The van der Waals surface area contributed by atoms with Crippen LogP contribution in [0, 0.1) is 24.5 Å². The summed E-state index contributed by atoms with van der Waals surface area (Å²) < 4.78 is 35.3. The van der Waals surface area contributed by atoms with E-state index < -0.39 is 11.6 Å². The number of amides is 1. The summed E-state index contributed by atoms with van der Waals surface area (Å²) in [5.41, 5.74) is 2.12. The number of carbonyl (C=O) groups is 1. The Morgan fingerprint density at radius 1 is 1.19 bits per heavy atom. The van der Waals surface area contributed by atoms with E-state index in [0.29, 0.717) is 23.7 Å². The van der Waals surface area contributed by atoms with Crippen molar-refractivity contribution in [3.8, 4) is 17.3 Å². The third-order valence-electron chi connectivity index (χ3n) is 5.33. The zero-order chi connectivity index (χ0) is 22.1. The van der Waals surface area contributed by atoms with Crippen LogP contribution in [0.2, 0.25) is 0 Å². The fourth-order valence-corrected chi connectivity index (χ4v) is 3.51. The lowest BCUT2D eigenvalue weighted by Crippen LogP contribution is -2.35. The smallest absolute Gasteiger partial charge is 0.228 e. The Hall–Kier alpha value is -3.22. The minimum absolute atomic E-state index is 0.0632. The Morgan fingerprint density at radius 3 is 2.52 bits per heavy atom. The Bertz CT molecular complexity index is 1090. The summed E-state index contributed by atoms with van der Waals surface area (Å²) in [5.74, 6) is -1.34. The molecule has 0 spiro atoms. The number of nitrogens with zero attached hydrogens (tertiary/aromatic N) is 3. The summed E-state index contributed by atoms with van der Waals surface area (Å²) in [7, 11) is 0. The molecule has 4 rings (SSSR count). The molecule has 3 aromatic rings. The van der Waals surface area contributed by atoms with Crippen LogP contribution >= 0.6 is 0 Å². The highest BCUT2D eigenvalue weighted by molar-refractivity contribution is 5.79. The van der Waals surface area contributed by atoms with Crippen LogP contribution in [0.15, 0.2) is 48.5 Å². The highest BCUT2D eigenvalue weighted by Gasteiger charge is 2.35. The molecule has 1 aromatic heterocycles. The van der Waals surface area contributed by atoms with Crippen LogP contribution in [0.1, 0.15) is 37.9 Å². The van der Waals surface area contributed by atoms with E-state index in [1.807, 2.05) is 56.0 Å². The fourth-order valence-electron chi connectivity index (χ4n) is 3.51. The lowest BCUT2D eigenvalue weighted by atomic mass is 10.1. The van der Waals surface area contributed by atoms with Gasteiger partial charge in [0.25, 0.3) is 0 Å². The monoisotopic (exact) mass is 425 g/mol. The zero-order valence-corrected chi connectivity index (χ0v) is 17.8. The van der Waals surface area contributed by atoms with E-state index in [0.717, 1.165) is 30.7 Å². The third-order valence-corrected chi connectivity index (χ3v) is 5.33. The highest BCUT2D eigenvalue weighted by Crippen LogP contribution is 2.36. The molecule has 1 amide bonds. The van der Waals surface area contributed by atoms with E-state index in [-0.39, 0.29) is 23.6 Å². The summed E-state index contributed by atoms with van der Waals surface area (Å²) in [6.07, 6.45) is 1.93. The topological polar surface area (TPSA) is 47.4 Å². The average molecular weight is 425 g/mol. The van der Waals surface area contributed by atoms with Gasteiger partial charge in [0.1, 0.15) is 5.82 Å². The first kappa shape index (κ1) is 21.0. The van der Waals surface area contributed by atoms with Crippen molar-refractivity contribution in [2.75, 3.05) is 0 Å². The highest BCUT2D eigenvalue weighted by atomic mass is 19.1. The van der Waals surface area contributed by atoms with Gasteiger partial charge in [0.2, 0.25) is 11.8 Å². The minimum atomic E-state index is -0.804. The molecule has 31 heavy (non-hydrogen) atoms. The van der Waals surface area contributed by atoms with Crippen molar-refractivity contribution in [2.45, 2.75) is 46.2 Å². The number of ether oxygens (including phenoxy) is 1. The predicted molar refractivity (Wildman–Crippen MR) is 113 cm³/mol. The SMILES string of the molecule is Cc1nn(-c2ccccc2)c(Oc2ccc(F)cc2F)c1CN(C(=O)C(C)C)C1CC1. The van der Waals surface area contributed by atoms with E-state index in [1.165, 1.54) is 6.07 Å². The Balaban J connectivity index is 1.78. The number of rotatable bonds is 7. The quantitative estimate of drug-likeness (QED) is 0.509. The molecule has 0 radical (unpaired) electrons. The van der Waals surface area contributed by atoms with Crippen molar-refractivity contribution >= 4 is 5.91 Å². The molecular formula is C24H25F2N3O2. The van der Waals surface area contributed by atoms with E-state index in [1.54, 1.807) is 4.68 Å². The first-order chi connectivity index (χ1) is 14.8. The molecule has 0 N–H and O–H groups in total. The van der Waals surface area contributed by atoms with E-state index in [4.69, 9.17) is 4.74 Å². The van der Waals surface area contributed by atoms with Gasteiger partial charge >= 0.3 is 0 Å². The molecule has 1 aliphatic carbocycles. The van der Waals surface area contributed by atoms with Gasteiger partial charge in [0, 0.05) is 18.0 Å². The van der Waals surface area contributed by atoms with Gasteiger partial charge < -0.3 is 9.64 Å². The van der Waals surface area contributed by atoms with Crippen LogP contribution in [0.4, 0.5) is 8.78 Å². The van der Waals surface area contributed by atoms with Crippen molar-refractivity contribution in [2.24, 2.45) is 5.92 Å². The van der Waals surface area contributed by atoms with Gasteiger partial charge in [-0.25, -0.2) is 13.5 Å². The van der Waals surface area contributed by atoms with Gasteiger partial charge in [0.05, 0.1) is 23.5 Å². The molecule has 0 bridgehead atoms. The average Bonchev–Trinajstić information content (AvgIpc) is 3.54. The number of hydrogen-bond donors (Lipinski definition) is 0. The molecule has 0 atom stereocenters. The second-order valence-electron chi connectivity index (χ2n) is 8.15. The van der Waals surface area contributed by atoms with Crippen molar-refractivity contribution < 1.29 is 18.3 Å². The molecule has 2 aromatic carbocycles. The van der Waals surface area contributed by atoms with Crippen molar-refractivity contribution in [3.05, 3.63) is 71.4 Å². The number of aryl methyl sites for hydroxylation is 1. The van der Waals surface area contributed by atoms with Crippen molar-refractivity contribution in [1.29, 1.82) is 0 Å². The van der Waals surface area contributed by atoms with Crippen LogP contribution in [0.3, 0.4) is 0 Å². The van der Waals surface area contributed by atoms with Crippen LogP contribution in [-0.4, -0.2) is 26.6 Å². The number of para-hydroxylation sites is 1. The van der Waals surface area contributed by atoms with Gasteiger partial charge in [-0.2, -0.15) is 5.10 Å². The number of carbonyl (C=O) groups excluding carboxylic acids is 1. The van der Waals surface area contributed by atoms with E-state index >= 15 is 0 Å². The summed E-state index contributed by atoms with van der Waals surface area (Å²) in [5, 5.41) is 4.62. The minimum Gasteiger partial charge on any atom is -0.435 e. The maximum Gasteiger partial charge on any atom is 0.228 e. The maximum atomic E-state index is 14.4. The second-order valence-corrected chi connectivity index (χ2v) is 8.15. The Labute approximate surface area is 180 Å². The van der Waals surface area contributed by atoms with Gasteiger partial charge in [-0.05, 0) is 44.0 Å². The maximum absolute atomic E-state index is 14.4. The van der Waals surface area contributed by atoms with E-state index in [9.17, 15) is 13.6 Å². The van der Waals surface area contributed by atoms with Crippen molar-refractivity contribution in [3.63, 3.8) is 0 Å². The van der Waals surface area contributed by atoms with Gasteiger partial charge in [-0.1, -0.05) is 32.0 Å². The molecule has 0 unspecified atom stereocenters. The molecule has 5 nitrogen and oxygen atoms in total. The summed E-state index contributed by atoms with van der Waals surface area (Å²) in [6, 6.07) is 12.7. The van der Waals surface area contributed by atoms with Gasteiger partial charge in [0.15, 0.2) is 11.6 Å². The number of aromatic nitrogens is 2. The molecule has 0 saturated heterocycles. The summed E-state index contributed by atoms with van der Waals surface area (Å²) in [4.78, 5) is 14.7. The molecule has 1 fully saturated rings. The molecule has 7 heteroatoms. The van der Waals surface area contributed by atoms with Crippen molar-refractivity contribution in [1.82, 2.24) is 14.7 Å². The zero-order valence-electron chi connectivity index (χ0n) is 17.8. The largest absolute Gasteiger partial charge is 0.435 e.